The van der Waals surface area contributed by atoms with Crippen LogP contribution in [-0.4, -0.2) is 70.8 Å². The summed E-state index contributed by atoms with van der Waals surface area (Å²) < 4.78 is 2.17. The summed E-state index contributed by atoms with van der Waals surface area (Å²) in [6, 6.07) is 6.82. The number of rotatable bonds is 4. The predicted octanol–water partition coefficient (Wildman–Crippen LogP) is 4.46. The summed E-state index contributed by atoms with van der Waals surface area (Å²) in [6.07, 6.45) is 10.2. The molecule has 2 saturated carbocycles. The zero-order chi connectivity index (χ0) is 26.5. The number of fused-ring (bicyclic) bond motifs is 2. The summed E-state index contributed by atoms with van der Waals surface area (Å²) in [4.78, 5) is 31.6. The number of nitrogens with zero attached hydrogens (tertiary/aromatic N) is 6. The van der Waals surface area contributed by atoms with E-state index in [4.69, 9.17) is 4.99 Å². The number of aromatic nitrogens is 2. The Kier molecular flexibility index (Phi) is 6.29. The monoisotopic (exact) mass is 516 g/mol. The van der Waals surface area contributed by atoms with Gasteiger partial charge in [0.15, 0.2) is 0 Å². The fourth-order valence-corrected chi connectivity index (χ4v) is 6.85. The average Bonchev–Trinajstić information content (AvgIpc) is 3.69. The predicted molar refractivity (Wildman–Crippen MR) is 153 cm³/mol. The first-order chi connectivity index (χ1) is 18.3. The Morgan fingerprint density at radius 3 is 2.63 bits per heavy atom. The van der Waals surface area contributed by atoms with Crippen LogP contribution in [0.5, 0.6) is 0 Å². The van der Waals surface area contributed by atoms with Crippen molar-refractivity contribution >= 4 is 35.9 Å². The van der Waals surface area contributed by atoms with E-state index in [9.17, 15) is 4.79 Å². The van der Waals surface area contributed by atoms with Gasteiger partial charge in [-0.2, -0.15) is 4.99 Å². The summed E-state index contributed by atoms with van der Waals surface area (Å²) in [7, 11) is 0. The lowest BCUT2D eigenvalue weighted by Gasteiger charge is -2.48. The molecule has 0 aromatic carbocycles. The molecular weight excluding hydrogens is 476 g/mol. The zero-order valence-corrected chi connectivity index (χ0v) is 23.0. The summed E-state index contributed by atoms with van der Waals surface area (Å²) in [5.74, 6) is 1.79. The number of hydrogen-bond acceptors (Lipinski definition) is 5. The van der Waals surface area contributed by atoms with E-state index >= 15 is 0 Å². The van der Waals surface area contributed by atoms with Crippen LogP contribution in [0.15, 0.2) is 34.4 Å². The second-order valence-electron chi connectivity index (χ2n) is 12.1. The molecular formula is C29H40N8O. The molecule has 2 aromatic rings. The Bertz CT molecular complexity index is 1250. The number of piperazine rings is 1. The van der Waals surface area contributed by atoms with Gasteiger partial charge >= 0.3 is 0 Å². The average molecular weight is 517 g/mol. The highest BCUT2D eigenvalue weighted by Crippen LogP contribution is 2.42. The van der Waals surface area contributed by atoms with Gasteiger partial charge in [0.1, 0.15) is 17.3 Å². The molecule has 1 saturated heterocycles. The first-order valence-electron chi connectivity index (χ1n) is 14.1. The molecule has 38 heavy (non-hydrogen) atoms. The molecule has 2 aromatic heterocycles. The van der Waals surface area contributed by atoms with E-state index < -0.39 is 0 Å². The number of carbonyl (C=O) groups excluding carboxylic acids is 1. The Balaban J connectivity index is 1.22. The Morgan fingerprint density at radius 1 is 1.18 bits per heavy atom. The lowest BCUT2D eigenvalue weighted by Crippen LogP contribution is -2.60. The first kappa shape index (κ1) is 25.1. The van der Waals surface area contributed by atoms with Crippen molar-refractivity contribution in [2.24, 2.45) is 9.98 Å². The topological polar surface area (TPSA) is 90.1 Å². The van der Waals surface area contributed by atoms with Crippen LogP contribution in [-0.2, 0) is 5.54 Å². The molecule has 2 aliphatic heterocycles. The molecule has 202 valence electrons. The molecule has 0 bridgehead atoms. The maximum absolute atomic E-state index is 12.7. The van der Waals surface area contributed by atoms with Crippen molar-refractivity contribution in [2.75, 3.05) is 36.4 Å². The largest absolute Gasteiger partial charge is 0.367 e. The molecule has 6 rings (SSSR count). The SMILES string of the molecule is C=NC(=Nc1c(C)cc2n1C1(CCCCC1)CNC2=O)Nc1ccc(N2CCN(C3CC3)C(C)(C)C2)cn1. The summed E-state index contributed by atoms with van der Waals surface area (Å²) in [6.45, 7) is 14.2. The first-order valence-corrected chi connectivity index (χ1v) is 14.1. The van der Waals surface area contributed by atoms with Crippen LogP contribution in [0.25, 0.3) is 0 Å². The number of guanidine groups is 1. The van der Waals surface area contributed by atoms with Gasteiger partial charge in [0.25, 0.3) is 5.91 Å². The molecule has 0 atom stereocenters. The molecule has 0 unspecified atom stereocenters. The normalized spacial score (nSPS) is 23.2. The van der Waals surface area contributed by atoms with Crippen LogP contribution in [0, 0.1) is 6.92 Å². The van der Waals surface area contributed by atoms with E-state index in [1.54, 1.807) is 0 Å². The molecule has 4 aliphatic rings. The van der Waals surface area contributed by atoms with Crippen LogP contribution in [0.1, 0.15) is 74.8 Å². The standard InChI is InChI=1S/C29H40N8O/c1-20-16-23-26(38)32-18-29(12-6-5-7-13-29)37(23)25(20)34-27(30-4)33-24-11-10-22(17-31-24)35-14-15-36(21-8-9-21)28(2,3)19-35/h10-11,16-17,21H,4-9,12-15,18-19H2,1-3H3,(H,32,38)(H,31,33,34). The van der Waals surface area contributed by atoms with Crippen molar-refractivity contribution in [3.05, 3.63) is 35.7 Å². The van der Waals surface area contributed by atoms with Crippen molar-refractivity contribution < 1.29 is 4.79 Å². The lowest BCUT2D eigenvalue weighted by atomic mass is 9.80. The van der Waals surface area contributed by atoms with Gasteiger partial charge in [-0.3, -0.25) is 9.69 Å². The van der Waals surface area contributed by atoms with E-state index in [0.717, 1.165) is 68.4 Å². The molecule has 1 amide bonds. The third-order valence-electron chi connectivity index (χ3n) is 8.90. The molecule has 3 fully saturated rings. The van der Waals surface area contributed by atoms with Gasteiger partial charge in [-0.1, -0.05) is 19.3 Å². The Hall–Kier alpha value is -3.20. The molecule has 9 heteroatoms. The lowest BCUT2D eigenvalue weighted by molar-refractivity contribution is 0.0830. The Labute approximate surface area is 225 Å². The van der Waals surface area contributed by atoms with E-state index in [0.29, 0.717) is 24.0 Å². The second kappa shape index (κ2) is 9.52. The summed E-state index contributed by atoms with van der Waals surface area (Å²) in [5.41, 5.74) is 2.80. The number of hydrogen-bond donors (Lipinski definition) is 2. The minimum absolute atomic E-state index is 0.0368. The number of amides is 1. The van der Waals surface area contributed by atoms with Crippen LogP contribution >= 0.6 is 0 Å². The minimum Gasteiger partial charge on any atom is -0.367 e. The van der Waals surface area contributed by atoms with Crippen molar-refractivity contribution in [3.8, 4) is 0 Å². The summed E-state index contributed by atoms with van der Waals surface area (Å²) >= 11 is 0. The maximum atomic E-state index is 12.7. The minimum atomic E-state index is -0.127. The highest BCUT2D eigenvalue weighted by atomic mass is 16.2. The number of anilines is 2. The van der Waals surface area contributed by atoms with Crippen molar-refractivity contribution in [3.63, 3.8) is 0 Å². The number of nitrogens with one attached hydrogen (secondary N) is 2. The van der Waals surface area contributed by atoms with E-state index in [1.165, 1.54) is 19.3 Å². The number of aliphatic imine (C=N–C) groups is 2. The van der Waals surface area contributed by atoms with Gasteiger partial charge in [-0.05, 0) is 76.9 Å². The van der Waals surface area contributed by atoms with Gasteiger partial charge in [0.2, 0.25) is 5.96 Å². The van der Waals surface area contributed by atoms with Crippen molar-refractivity contribution in [1.82, 2.24) is 19.8 Å². The Morgan fingerprint density at radius 2 is 1.97 bits per heavy atom. The van der Waals surface area contributed by atoms with Crippen LogP contribution in [0.3, 0.4) is 0 Å². The highest BCUT2D eigenvalue weighted by molar-refractivity contribution is 5.99. The number of carbonyl (C=O) groups is 1. The number of aryl methyl sites for hydroxylation is 1. The van der Waals surface area contributed by atoms with E-state index in [1.807, 2.05) is 25.3 Å². The third kappa shape index (κ3) is 4.51. The quantitative estimate of drug-likeness (QED) is 0.463. The fourth-order valence-electron chi connectivity index (χ4n) is 6.85. The molecule has 0 radical (unpaired) electrons. The molecule has 1 spiro atoms. The van der Waals surface area contributed by atoms with Crippen molar-refractivity contribution in [2.45, 2.75) is 82.8 Å². The maximum Gasteiger partial charge on any atom is 0.268 e. The zero-order valence-electron chi connectivity index (χ0n) is 23.0. The fraction of sp³-hybridized carbons (Fsp3) is 0.586. The van der Waals surface area contributed by atoms with Crippen LogP contribution in [0.4, 0.5) is 17.3 Å². The second-order valence-corrected chi connectivity index (χ2v) is 12.1. The van der Waals surface area contributed by atoms with Gasteiger partial charge in [0.05, 0.1) is 17.4 Å². The molecule has 2 N–H and O–H groups in total. The van der Waals surface area contributed by atoms with Gasteiger partial charge in [-0.25, -0.2) is 9.98 Å². The van der Waals surface area contributed by atoms with Gasteiger partial charge in [-0.15, -0.1) is 0 Å². The smallest absolute Gasteiger partial charge is 0.268 e. The highest BCUT2D eigenvalue weighted by Gasteiger charge is 2.43. The number of pyridine rings is 1. The third-order valence-corrected chi connectivity index (χ3v) is 8.90. The van der Waals surface area contributed by atoms with Crippen LogP contribution < -0.4 is 15.5 Å². The van der Waals surface area contributed by atoms with E-state index in [2.05, 4.69) is 61.6 Å². The van der Waals surface area contributed by atoms with E-state index in [-0.39, 0.29) is 17.0 Å². The van der Waals surface area contributed by atoms with Crippen molar-refractivity contribution in [1.29, 1.82) is 0 Å². The molecule has 4 heterocycles. The molecule has 9 nitrogen and oxygen atoms in total. The van der Waals surface area contributed by atoms with Crippen LogP contribution in [0.2, 0.25) is 0 Å². The van der Waals surface area contributed by atoms with Gasteiger partial charge in [0, 0.05) is 37.8 Å². The summed E-state index contributed by atoms with van der Waals surface area (Å²) in [5, 5.41) is 6.37. The molecule has 2 aliphatic carbocycles. The van der Waals surface area contributed by atoms with Gasteiger partial charge < -0.3 is 20.1 Å².